The van der Waals surface area contributed by atoms with E-state index in [4.69, 9.17) is 15.4 Å². The second-order valence-electron chi connectivity index (χ2n) is 5.83. The summed E-state index contributed by atoms with van der Waals surface area (Å²) < 4.78 is 27.5. The smallest absolute Gasteiger partial charge is 0.407 e. The average Bonchev–Trinajstić information content (AvgIpc) is 2.34. The number of carbonyl (C=O) groups excluding carboxylic acids is 1. The van der Waals surface area contributed by atoms with Gasteiger partial charge in [-0.1, -0.05) is 51.1 Å². The summed E-state index contributed by atoms with van der Waals surface area (Å²) in [5.41, 5.74) is 0.387. The molecule has 0 aliphatic rings. The maximum Gasteiger partial charge on any atom is 0.407 e. The van der Waals surface area contributed by atoms with Gasteiger partial charge in [0.2, 0.25) is 9.05 Å². The predicted octanol–water partition coefficient (Wildman–Crippen LogP) is 2.90. The van der Waals surface area contributed by atoms with Crippen molar-refractivity contribution < 1.29 is 17.9 Å². The zero-order valence-corrected chi connectivity index (χ0v) is 13.9. The summed E-state index contributed by atoms with van der Waals surface area (Å²) in [6.45, 7) is 5.57. The van der Waals surface area contributed by atoms with Crippen LogP contribution in [0, 0.1) is 5.41 Å². The van der Waals surface area contributed by atoms with Crippen molar-refractivity contribution in [2.75, 3.05) is 5.75 Å². The summed E-state index contributed by atoms with van der Waals surface area (Å²) >= 11 is 0. The van der Waals surface area contributed by atoms with Gasteiger partial charge in [-0.05, 0) is 11.0 Å². The largest absolute Gasteiger partial charge is 0.445 e. The molecule has 5 nitrogen and oxygen atoms in total. The van der Waals surface area contributed by atoms with E-state index in [2.05, 4.69) is 5.32 Å². The highest BCUT2D eigenvalue weighted by molar-refractivity contribution is 8.13. The summed E-state index contributed by atoms with van der Waals surface area (Å²) in [6, 6.07) is 8.58. The lowest BCUT2D eigenvalue weighted by Crippen LogP contribution is -2.47. The van der Waals surface area contributed by atoms with Crippen LogP contribution in [-0.2, 0) is 20.4 Å². The van der Waals surface area contributed by atoms with Crippen LogP contribution >= 0.6 is 10.7 Å². The van der Waals surface area contributed by atoms with Crippen LogP contribution in [0.3, 0.4) is 0 Å². The number of carbonyl (C=O) groups is 1. The lowest BCUT2D eigenvalue weighted by molar-refractivity contribution is 0.128. The minimum atomic E-state index is -3.72. The molecule has 0 bridgehead atoms. The minimum Gasteiger partial charge on any atom is -0.445 e. The Morgan fingerprint density at radius 1 is 1.29 bits per heavy atom. The van der Waals surface area contributed by atoms with Gasteiger partial charge in [0.1, 0.15) is 6.61 Å². The molecule has 21 heavy (non-hydrogen) atoms. The van der Waals surface area contributed by atoms with Crippen LogP contribution in [-0.4, -0.2) is 26.3 Å². The monoisotopic (exact) mass is 333 g/mol. The predicted molar refractivity (Wildman–Crippen MR) is 82.6 cm³/mol. The molecule has 0 aliphatic heterocycles. The summed E-state index contributed by atoms with van der Waals surface area (Å²) in [5.74, 6) is -0.349. The zero-order chi connectivity index (χ0) is 16.1. The zero-order valence-electron chi connectivity index (χ0n) is 12.3. The Morgan fingerprint density at radius 3 is 2.33 bits per heavy atom. The second-order valence-corrected chi connectivity index (χ2v) is 8.65. The van der Waals surface area contributed by atoms with Crippen molar-refractivity contribution in [3.63, 3.8) is 0 Å². The fraction of sp³-hybridized carbons (Fsp3) is 0.500. The number of amides is 1. The number of alkyl carbamates (subject to hydrolysis) is 1. The van der Waals surface area contributed by atoms with Gasteiger partial charge < -0.3 is 10.1 Å². The van der Waals surface area contributed by atoms with E-state index in [1.165, 1.54) is 0 Å². The summed E-state index contributed by atoms with van der Waals surface area (Å²) in [4.78, 5) is 11.8. The molecule has 1 rings (SSSR count). The first kappa shape index (κ1) is 17.8. The highest BCUT2D eigenvalue weighted by atomic mass is 35.7. The van der Waals surface area contributed by atoms with E-state index in [0.717, 1.165) is 5.56 Å². The fourth-order valence-corrected chi connectivity index (χ4v) is 2.97. The van der Waals surface area contributed by atoms with Gasteiger partial charge >= 0.3 is 6.09 Å². The SMILES string of the molecule is CC(C)(C)C(CS(=O)(=O)Cl)NC(=O)OCc1ccccc1. The molecule has 7 heteroatoms. The number of hydrogen-bond acceptors (Lipinski definition) is 4. The maximum atomic E-state index is 11.8. The molecule has 1 amide bonds. The number of ether oxygens (including phenoxy) is 1. The molecule has 0 heterocycles. The van der Waals surface area contributed by atoms with Crippen LogP contribution in [0.1, 0.15) is 26.3 Å². The highest BCUT2D eigenvalue weighted by Crippen LogP contribution is 2.22. The topological polar surface area (TPSA) is 72.5 Å². The van der Waals surface area contributed by atoms with Crippen LogP contribution in [0.25, 0.3) is 0 Å². The summed E-state index contributed by atoms with van der Waals surface area (Å²) in [6.07, 6.45) is -0.668. The quantitative estimate of drug-likeness (QED) is 0.841. The van der Waals surface area contributed by atoms with E-state index < -0.39 is 26.6 Å². The van der Waals surface area contributed by atoms with Gasteiger partial charge in [0.15, 0.2) is 0 Å². The third-order valence-corrected chi connectivity index (χ3v) is 4.03. The van der Waals surface area contributed by atoms with E-state index in [0.29, 0.717) is 0 Å². The molecule has 1 aromatic carbocycles. The van der Waals surface area contributed by atoms with E-state index in [-0.39, 0.29) is 12.4 Å². The molecule has 0 saturated carbocycles. The number of rotatable bonds is 5. The number of halogens is 1. The third-order valence-electron chi connectivity index (χ3n) is 2.92. The first-order valence-corrected chi connectivity index (χ1v) is 8.95. The Kier molecular flexibility index (Phi) is 6.04. The Balaban J connectivity index is 2.60. The lowest BCUT2D eigenvalue weighted by Gasteiger charge is -2.30. The van der Waals surface area contributed by atoms with Crippen molar-refractivity contribution in [1.82, 2.24) is 5.32 Å². The first-order valence-electron chi connectivity index (χ1n) is 6.47. The number of hydrogen-bond donors (Lipinski definition) is 1. The molecular weight excluding hydrogens is 314 g/mol. The fourth-order valence-electron chi connectivity index (χ4n) is 1.61. The third kappa shape index (κ3) is 7.34. The van der Waals surface area contributed by atoms with Gasteiger partial charge in [-0.2, -0.15) is 0 Å². The number of nitrogens with one attached hydrogen (secondary N) is 1. The maximum absolute atomic E-state index is 11.8. The molecule has 0 aromatic heterocycles. The van der Waals surface area contributed by atoms with E-state index in [9.17, 15) is 13.2 Å². The van der Waals surface area contributed by atoms with Crippen molar-refractivity contribution in [3.8, 4) is 0 Å². The average molecular weight is 334 g/mol. The highest BCUT2D eigenvalue weighted by Gasteiger charge is 2.30. The standard InChI is InChI=1S/C14H20ClNO4S/c1-14(2,3)12(10-21(15,18)19)16-13(17)20-9-11-7-5-4-6-8-11/h4-8,12H,9-10H2,1-3H3,(H,16,17). The van der Waals surface area contributed by atoms with Gasteiger partial charge in [-0.15, -0.1) is 0 Å². The van der Waals surface area contributed by atoms with Gasteiger partial charge in [0, 0.05) is 10.7 Å². The molecule has 0 aliphatic carbocycles. The van der Waals surface area contributed by atoms with Gasteiger partial charge in [-0.25, -0.2) is 13.2 Å². The molecular formula is C14H20ClNO4S. The normalized spacial score (nSPS) is 13.5. The Morgan fingerprint density at radius 2 is 1.86 bits per heavy atom. The summed E-state index contributed by atoms with van der Waals surface area (Å²) in [5, 5.41) is 2.56. The first-order chi connectivity index (χ1) is 9.58. The molecule has 1 atom stereocenters. The van der Waals surface area contributed by atoms with Crippen LogP contribution in [0.15, 0.2) is 30.3 Å². The van der Waals surface area contributed by atoms with Crippen LogP contribution < -0.4 is 5.32 Å². The van der Waals surface area contributed by atoms with Gasteiger partial charge in [0.05, 0.1) is 11.8 Å². The molecule has 1 unspecified atom stereocenters. The van der Waals surface area contributed by atoms with E-state index in [1.807, 2.05) is 51.1 Å². The minimum absolute atomic E-state index is 0.122. The molecule has 0 radical (unpaired) electrons. The molecule has 0 spiro atoms. The van der Waals surface area contributed by atoms with E-state index in [1.54, 1.807) is 0 Å². The van der Waals surface area contributed by atoms with Crippen molar-refractivity contribution in [3.05, 3.63) is 35.9 Å². The van der Waals surface area contributed by atoms with Crippen molar-refractivity contribution in [2.24, 2.45) is 5.41 Å². The van der Waals surface area contributed by atoms with Crippen LogP contribution in [0.4, 0.5) is 4.79 Å². The molecule has 1 aromatic rings. The molecule has 118 valence electrons. The molecule has 0 saturated heterocycles. The summed E-state index contributed by atoms with van der Waals surface area (Å²) in [7, 11) is 1.55. The Hall–Kier alpha value is -1.27. The lowest BCUT2D eigenvalue weighted by atomic mass is 9.88. The number of benzene rings is 1. The van der Waals surface area contributed by atoms with E-state index >= 15 is 0 Å². The van der Waals surface area contributed by atoms with Crippen molar-refractivity contribution in [2.45, 2.75) is 33.4 Å². The van der Waals surface area contributed by atoms with Crippen molar-refractivity contribution >= 4 is 25.8 Å². The molecule has 1 N–H and O–H groups in total. The van der Waals surface area contributed by atoms with Gasteiger partial charge in [0.25, 0.3) is 0 Å². The van der Waals surface area contributed by atoms with Gasteiger partial charge in [-0.3, -0.25) is 0 Å². The van der Waals surface area contributed by atoms with Crippen molar-refractivity contribution in [1.29, 1.82) is 0 Å². The van der Waals surface area contributed by atoms with Crippen LogP contribution in [0.5, 0.6) is 0 Å². The second kappa shape index (κ2) is 7.13. The van der Waals surface area contributed by atoms with Crippen LogP contribution in [0.2, 0.25) is 0 Å². The Labute approximate surface area is 130 Å². The molecule has 0 fully saturated rings. The Bertz CT molecular complexity index is 566.